The first-order valence-corrected chi connectivity index (χ1v) is 5.65. The van der Waals surface area contributed by atoms with E-state index in [1.165, 1.54) is 6.42 Å². The molecule has 1 amide bonds. The van der Waals surface area contributed by atoms with Crippen LogP contribution in [0.5, 0.6) is 0 Å². The molecule has 0 bridgehead atoms. The van der Waals surface area contributed by atoms with Gasteiger partial charge in [-0.15, -0.1) is 0 Å². The Morgan fingerprint density at radius 1 is 1.29 bits per heavy atom. The number of rotatable bonds is 1. The Morgan fingerprint density at radius 3 is 2.64 bits per heavy atom. The quantitative estimate of drug-likeness (QED) is 0.646. The molecule has 3 heteroatoms. The number of hydrogen-bond acceptors (Lipinski definition) is 2. The fourth-order valence-electron chi connectivity index (χ4n) is 1.99. The van der Waals surface area contributed by atoms with Gasteiger partial charge in [0.2, 0.25) is 0 Å². The van der Waals surface area contributed by atoms with Crippen molar-refractivity contribution >= 4 is 6.09 Å². The second-order valence-corrected chi connectivity index (χ2v) is 4.64. The molecule has 0 aromatic carbocycles. The van der Waals surface area contributed by atoms with E-state index in [0.29, 0.717) is 12.0 Å². The molecule has 0 aromatic rings. The van der Waals surface area contributed by atoms with Crippen molar-refractivity contribution in [3.8, 4) is 0 Å². The van der Waals surface area contributed by atoms with Crippen LogP contribution >= 0.6 is 0 Å². The molecule has 0 radical (unpaired) electrons. The fourth-order valence-corrected chi connectivity index (χ4v) is 1.99. The van der Waals surface area contributed by atoms with E-state index in [-0.39, 0.29) is 12.2 Å². The number of carbonyl (C=O) groups is 1. The minimum Gasteiger partial charge on any atom is -0.446 e. The van der Waals surface area contributed by atoms with Crippen molar-refractivity contribution in [1.82, 2.24) is 4.90 Å². The number of carbonyl (C=O) groups excluding carboxylic acids is 1. The van der Waals surface area contributed by atoms with Gasteiger partial charge < -0.3 is 9.64 Å². The van der Waals surface area contributed by atoms with Gasteiger partial charge in [0.1, 0.15) is 6.10 Å². The molecule has 1 saturated carbocycles. The largest absolute Gasteiger partial charge is 0.446 e. The van der Waals surface area contributed by atoms with E-state index >= 15 is 0 Å². The lowest BCUT2D eigenvalue weighted by atomic mass is 9.92. The molecule has 1 heterocycles. The number of amides is 1. The summed E-state index contributed by atoms with van der Waals surface area (Å²) in [5.41, 5.74) is 0. The summed E-state index contributed by atoms with van der Waals surface area (Å²) in [6.45, 7) is 5.20. The van der Waals surface area contributed by atoms with Crippen LogP contribution in [0.15, 0.2) is 0 Å². The fraction of sp³-hybridized carbons (Fsp3) is 0.909. The average molecular weight is 197 g/mol. The van der Waals surface area contributed by atoms with Crippen LogP contribution in [0.4, 0.5) is 4.79 Å². The lowest BCUT2D eigenvalue weighted by molar-refractivity contribution is 0.0573. The van der Waals surface area contributed by atoms with Crippen molar-refractivity contribution in [2.24, 2.45) is 5.92 Å². The van der Waals surface area contributed by atoms with Crippen LogP contribution in [0, 0.1) is 5.92 Å². The normalized spacial score (nSPS) is 32.9. The summed E-state index contributed by atoms with van der Waals surface area (Å²) >= 11 is 0. The van der Waals surface area contributed by atoms with Gasteiger partial charge in [0.25, 0.3) is 0 Å². The maximum atomic E-state index is 11.7. The smallest absolute Gasteiger partial charge is 0.410 e. The van der Waals surface area contributed by atoms with Gasteiger partial charge in [0.05, 0.1) is 0 Å². The third-order valence-electron chi connectivity index (χ3n) is 3.40. The number of likely N-dealkylation sites (tertiary alicyclic amines) is 1. The van der Waals surface area contributed by atoms with Crippen LogP contribution < -0.4 is 0 Å². The summed E-state index contributed by atoms with van der Waals surface area (Å²) in [5.74, 6) is 0.607. The van der Waals surface area contributed by atoms with Gasteiger partial charge in [-0.25, -0.2) is 4.79 Å². The Balaban J connectivity index is 1.90. The molecule has 1 aliphatic carbocycles. The maximum Gasteiger partial charge on any atom is 0.410 e. The van der Waals surface area contributed by atoms with Crippen molar-refractivity contribution in [3.63, 3.8) is 0 Å². The molecule has 2 fully saturated rings. The van der Waals surface area contributed by atoms with Gasteiger partial charge in [-0.1, -0.05) is 6.92 Å². The first-order chi connectivity index (χ1) is 6.68. The standard InChI is InChI=1S/C11H19NO2/c1-8-4-3-7-12(9(8)2)11(13)14-10-5-6-10/h8-10H,3-7H2,1-2H3. The van der Waals surface area contributed by atoms with Crippen LogP contribution in [0.25, 0.3) is 0 Å². The monoisotopic (exact) mass is 197 g/mol. The highest BCUT2D eigenvalue weighted by Crippen LogP contribution is 2.28. The summed E-state index contributed by atoms with van der Waals surface area (Å²) in [6, 6.07) is 0.343. The molecular weight excluding hydrogens is 178 g/mol. The van der Waals surface area contributed by atoms with Gasteiger partial charge in [-0.05, 0) is 38.5 Å². The molecule has 2 unspecified atom stereocenters. The van der Waals surface area contributed by atoms with E-state index in [1.54, 1.807) is 0 Å². The Labute approximate surface area is 85.4 Å². The van der Waals surface area contributed by atoms with Crippen LogP contribution in [0.3, 0.4) is 0 Å². The van der Waals surface area contributed by atoms with Crippen molar-refractivity contribution in [2.75, 3.05) is 6.54 Å². The van der Waals surface area contributed by atoms with Crippen molar-refractivity contribution in [1.29, 1.82) is 0 Å². The molecule has 3 nitrogen and oxygen atoms in total. The van der Waals surface area contributed by atoms with Crippen LogP contribution in [0.2, 0.25) is 0 Å². The highest BCUT2D eigenvalue weighted by atomic mass is 16.6. The average Bonchev–Trinajstić information content (AvgIpc) is 2.93. The lowest BCUT2D eigenvalue weighted by Crippen LogP contribution is -2.46. The zero-order valence-electron chi connectivity index (χ0n) is 9.03. The molecule has 2 rings (SSSR count). The minimum absolute atomic E-state index is 0.0912. The molecule has 14 heavy (non-hydrogen) atoms. The molecule has 1 saturated heterocycles. The summed E-state index contributed by atoms with van der Waals surface area (Å²) in [4.78, 5) is 13.6. The highest BCUT2D eigenvalue weighted by molar-refractivity contribution is 5.68. The van der Waals surface area contributed by atoms with E-state index in [1.807, 2.05) is 4.90 Å². The van der Waals surface area contributed by atoms with Gasteiger partial charge in [0, 0.05) is 12.6 Å². The Hall–Kier alpha value is -0.730. The lowest BCUT2D eigenvalue weighted by Gasteiger charge is -2.37. The summed E-state index contributed by atoms with van der Waals surface area (Å²) < 4.78 is 5.31. The number of ether oxygens (including phenoxy) is 1. The topological polar surface area (TPSA) is 29.5 Å². The van der Waals surface area contributed by atoms with Crippen LogP contribution in [0.1, 0.15) is 39.5 Å². The number of nitrogens with zero attached hydrogens (tertiary/aromatic N) is 1. The van der Waals surface area contributed by atoms with Gasteiger partial charge in [-0.3, -0.25) is 0 Å². The Morgan fingerprint density at radius 2 is 2.00 bits per heavy atom. The van der Waals surface area contributed by atoms with Crippen LogP contribution in [-0.4, -0.2) is 29.7 Å². The zero-order valence-corrected chi connectivity index (χ0v) is 9.03. The summed E-state index contributed by atoms with van der Waals surface area (Å²) in [6.07, 6.45) is 4.60. The van der Waals surface area contributed by atoms with Gasteiger partial charge in [0.15, 0.2) is 0 Å². The van der Waals surface area contributed by atoms with E-state index in [9.17, 15) is 4.79 Å². The Kier molecular flexibility index (Phi) is 2.66. The third kappa shape index (κ3) is 2.02. The first kappa shape index (κ1) is 9.81. The van der Waals surface area contributed by atoms with E-state index in [4.69, 9.17) is 4.74 Å². The predicted octanol–water partition coefficient (Wildman–Crippen LogP) is 2.41. The second-order valence-electron chi connectivity index (χ2n) is 4.64. The molecule has 0 aromatic heterocycles. The minimum atomic E-state index is -0.0912. The SMILES string of the molecule is CC1CCCN(C(=O)OC2CC2)C1C. The molecule has 2 atom stereocenters. The van der Waals surface area contributed by atoms with Gasteiger partial charge >= 0.3 is 6.09 Å². The molecule has 2 aliphatic rings. The molecule has 0 spiro atoms. The molecule has 1 aliphatic heterocycles. The zero-order chi connectivity index (χ0) is 10.1. The second kappa shape index (κ2) is 3.79. The van der Waals surface area contributed by atoms with Crippen molar-refractivity contribution in [3.05, 3.63) is 0 Å². The van der Waals surface area contributed by atoms with Gasteiger partial charge in [-0.2, -0.15) is 0 Å². The molecule has 80 valence electrons. The molecule has 0 N–H and O–H groups in total. The first-order valence-electron chi connectivity index (χ1n) is 5.65. The van der Waals surface area contributed by atoms with E-state index in [2.05, 4.69) is 13.8 Å². The Bertz CT molecular complexity index is 225. The highest BCUT2D eigenvalue weighted by Gasteiger charge is 2.33. The summed E-state index contributed by atoms with van der Waals surface area (Å²) in [7, 11) is 0. The number of hydrogen-bond donors (Lipinski definition) is 0. The summed E-state index contributed by atoms with van der Waals surface area (Å²) in [5, 5.41) is 0. The van der Waals surface area contributed by atoms with Crippen molar-refractivity contribution < 1.29 is 9.53 Å². The predicted molar refractivity (Wildman–Crippen MR) is 54.1 cm³/mol. The molecular formula is C11H19NO2. The maximum absolute atomic E-state index is 11.7. The van der Waals surface area contributed by atoms with E-state index in [0.717, 1.165) is 25.8 Å². The van der Waals surface area contributed by atoms with Crippen molar-refractivity contribution in [2.45, 2.75) is 51.7 Å². The number of piperidine rings is 1. The van der Waals surface area contributed by atoms with Crippen LogP contribution in [-0.2, 0) is 4.74 Å². The van der Waals surface area contributed by atoms with E-state index < -0.39 is 0 Å². The third-order valence-corrected chi connectivity index (χ3v) is 3.40.